The standard InChI is InChI=1S/C18H27NO3/c1-13-8-14(2)10-19(9-13)11-17(21)12-22-18-6-4-16(5-7-18)15(3)20/h4-7,13-14,17,21H,8-12H2,1-3H3/p+1/t13-,14+,17-/m0/s1. The number of Topliss-reactive ketones (excluding diaryl/α,β-unsaturated/α-hetero) is 1. The molecule has 0 bridgehead atoms. The number of aliphatic hydroxyl groups is 1. The first-order valence-electron chi connectivity index (χ1n) is 8.19. The van der Waals surface area contributed by atoms with Crippen LogP contribution in [-0.4, -0.2) is 43.2 Å². The number of nitrogens with one attached hydrogen (secondary N) is 1. The summed E-state index contributed by atoms with van der Waals surface area (Å²) in [6.07, 6.45) is 0.832. The van der Waals surface area contributed by atoms with Crippen LogP contribution in [0.25, 0.3) is 0 Å². The first kappa shape index (κ1) is 17.0. The normalized spacial score (nSPS) is 26.5. The Balaban J connectivity index is 1.77. The summed E-state index contributed by atoms with van der Waals surface area (Å²) < 4.78 is 5.62. The predicted molar refractivity (Wildman–Crippen MR) is 86.5 cm³/mol. The van der Waals surface area contributed by atoms with Crippen LogP contribution in [-0.2, 0) is 0 Å². The molecule has 1 fully saturated rings. The summed E-state index contributed by atoms with van der Waals surface area (Å²) in [5, 5.41) is 10.2. The number of ketones is 1. The molecule has 22 heavy (non-hydrogen) atoms. The van der Waals surface area contributed by atoms with Gasteiger partial charge in [0, 0.05) is 17.4 Å². The van der Waals surface area contributed by atoms with Crippen molar-refractivity contribution in [2.24, 2.45) is 11.8 Å². The Morgan fingerprint density at radius 2 is 1.86 bits per heavy atom. The number of rotatable bonds is 6. The molecule has 0 aliphatic carbocycles. The van der Waals surface area contributed by atoms with Crippen LogP contribution in [0.2, 0.25) is 0 Å². The first-order valence-corrected chi connectivity index (χ1v) is 8.19. The minimum absolute atomic E-state index is 0.0449. The highest BCUT2D eigenvalue weighted by atomic mass is 16.5. The fraction of sp³-hybridized carbons (Fsp3) is 0.611. The summed E-state index contributed by atoms with van der Waals surface area (Å²) >= 11 is 0. The van der Waals surface area contributed by atoms with Gasteiger partial charge in [-0.15, -0.1) is 0 Å². The van der Waals surface area contributed by atoms with E-state index in [1.54, 1.807) is 31.2 Å². The van der Waals surface area contributed by atoms with Crippen LogP contribution in [0, 0.1) is 11.8 Å². The van der Waals surface area contributed by atoms with Gasteiger partial charge in [-0.2, -0.15) is 0 Å². The van der Waals surface area contributed by atoms with E-state index in [1.807, 2.05) is 0 Å². The Labute approximate surface area is 133 Å². The van der Waals surface area contributed by atoms with Crippen LogP contribution in [0.4, 0.5) is 0 Å². The van der Waals surface area contributed by atoms with Gasteiger partial charge < -0.3 is 14.7 Å². The van der Waals surface area contributed by atoms with Gasteiger partial charge in [-0.05, 0) is 37.6 Å². The van der Waals surface area contributed by atoms with E-state index in [9.17, 15) is 9.90 Å². The molecule has 1 heterocycles. The fourth-order valence-electron chi connectivity index (χ4n) is 3.46. The lowest BCUT2D eigenvalue weighted by molar-refractivity contribution is -0.915. The van der Waals surface area contributed by atoms with Gasteiger partial charge in [-0.3, -0.25) is 4.79 Å². The van der Waals surface area contributed by atoms with E-state index >= 15 is 0 Å². The zero-order chi connectivity index (χ0) is 16.1. The molecule has 1 aromatic carbocycles. The predicted octanol–water partition coefficient (Wildman–Crippen LogP) is 1.19. The number of likely N-dealkylation sites (tertiary alicyclic amines) is 1. The zero-order valence-electron chi connectivity index (χ0n) is 13.8. The van der Waals surface area contributed by atoms with E-state index in [0.29, 0.717) is 17.9 Å². The number of quaternary nitrogens is 1. The van der Waals surface area contributed by atoms with Crippen LogP contribution in [0.3, 0.4) is 0 Å². The van der Waals surface area contributed by atoms with Gasteiger partial charge in [-0.25, -0.2) is 0 Å². The van der Waals surface area contributed by atoms with Crippen LogP contribution < -0.4 is 9.64 Å². The molecule has 0 amide bonds. The second kappa shape index (κ2) is 7.75. The number of benzene rings is 1. The average Bonchev–Trinajstić information content (AvgIpc) is 2.44. The van der Waals surface area contributed by atoms with Gasteiger partial charge in [-0.1, -0.05) is 13.8 Å². The van der Waals surface area contributed by atoms with Crippen molar-refractivity contribution < 1.29 is 19.5 Å². The third kappa shape index (κ3) is 5.11. The summed E-state index contributed by atoms with van der Waals surface area (Å²) in [5.41, 5.74) is 0.675. The van der Waals surface area contributed by atoms with Crippen molar-refractivity contribution in [2.75, 3.05) is 26.2 Å². The highest BCUT2D eigenvalue weighted by Crippen LogP contribution is 2.13. The molecule has 0 radical (unpaired) electrons. The molecule has 0 spiro atoms. The maximum atomic E-state index is 11.2. The number of carbonyl (C=O) groups excluding carboxylic acids is 1. The number of hydrogen-bond donors (Lipinski definition) is 2. The fourth-order valence-corrected chi connectivity index (χ4v) is 3.46. The van der Waals surface area contributed by atoms with Crippen LogP contribution in [0.15, 0.2) is 24.3 Å². The van der Waals surface area contributed by atoms with Crippen molar-refractivity contribution in [3.05, 3.63) is 29.8 Å². The smallest absolute Gasteiger partial charge is 0.159 e. The van der Waals surface area contributed by atoms with Gasteiger partial charge >= 0.3 is 0 Å². The number of piperidine rings is 1. The molecule has 1 saturated heterocycles. The van der Waals surface area contributed by atoms with E-state index in [2.05, 4.69) is 13.8 Å². The third-order valence-corrected chi connectivity index (χ3v) is 4.31. The molecule has 2 N–H and O–H groups in total. The van der Waals surface area contributed by atoms with E-state index in [1.165, 1.54) is 11.3 Å². The highest BCUT2D eigenvalue weighted by Gasteiger charge is 2.26. The van der Waals surface area contributed by atoms with E-state index < -0.39 is 6.10 Å². The Bertz CT molecular complexity index is 476. The van der Waals surface area contributed by atoms with Gasteiger partial charge in [0.25, 0.3) is 0 Å². The van der Waals surface area contributed by atoms with E-state index in [-0.39, 0.29) is 5.78 Å². The Morgan fingerprint density at radius 1 is 1.27 bits per heavy atom. The molecule has 1 unspecified atom stereocenters. The lowest BCUT2D eigenvalue weighted by Gasteiger charge is -2.33. The molecule has 0 aromatic heterocycles. The second-order valence-corrected chi connectivity index (χ2v) is 6.85. The summed E-state index contributed by atoms with van der Waals surface area (Å²) in [6.45, 7) is 9.42. The van der Waals surface area contributed by atoms with Crippen molar-refractivity contribution in [1.82, 2.24) is 0 Å². The Kier molecular flexibility index (Phi) is 5.98. The quantitative estimate of drug-likeness (QED) is 0.776. The molecule has 1 aliphatic rings. The first-order chi connectivity index (χ1) is 10.4. The topological polar surface area (TPSA) is 51.0 Å². The lowest BCUT2D eigenvalue weighted by atomic mass is 9.92. The molecular weight excluding hydrogens is 278 g/mol. The van der Waals surface area contributed by atoms with Crippen molar-refractivity contribution in [2.45, 2.75) is 33.3 Å². The molecule has 2 rings (SSSR count). The van der Waals surface area contributed by atoms with Gasteiger partial charge in [0.15, 0.2) is 5.78 Å². The maximum absolute atomic E-state index is 11.2. The number of ether oxygens (including phenoxy) is 1. The summed E-state index contributed by atoms with van der Waals surface area (Å²) in [4.78, 5) is 12.7. The summed E-state index contributed by atoms with van der Waals surface area (Å²) in [7, 11) is 0. The maximum Gasteiger partial charge on any atom is 0.159 e. The van der Waals surface area contributed by atoms with Crippen molar-refractivity contribution in [1.29, 1.82) is 0 Å². The van der Waals surface area contributed by atoms with E-state index in [4.69, 9.17) is 4.74 Å². The molecule has 0 saturated carbocycles. The molecular formula is C18H28NO3+. The molecule has 4 heteroatoms. The summed E-state index contributed by atoms with van der Waals surface area (Å²) in [6, 6.07) is 7.06. The van der Waals surface area contributed by atoms with Crippen molar-refractivity contribution in [3.8, 4) is 5.75 Å². The van der Waals surface area contributed by atoms with E-state index in [0.717, 1.165) is 31.5 Å². The van der Waals surface area contributed by atoms with Gasteiger partial charge in [0.05, 0.1) is 13.1 Å². The summed E-state index contributed by atoms with van der Waals surface area (Å²) in [5.74, 6) is 2.19. The average molecular weight is 306 g/mol. The van der Waals surface area contributed by atoms with Crippen molar-refractivity contribution >= 4 is 5.78 Å². The third-order valence-electron chi connectivity index (χ3n) is 4.31. The zero-order valence-corrected chi connectivity index (χ0v) is 13.8. The molecule has 1 aliphatic heterocycles. The molecule has 4 nitrogen and oxygen atoms in total. The van der Waals surface area contributed by atoms with Gasteiger partial charge in [0.2, 0.25) is 0 Å². The minimum atomic E-state index is -0.458. The lowest BCUT2D eigenvalue weighted by Crippen LogP contribution is -3.15. The largest absolute Gasteiger partial charge is 0.491 e. The molecule has 4 atom stereocenters. The SMILES string of the molecule is CC(=O)c1ccc(OC[C@@H](O)C[NH+]2C[C@H](C)C[C@H](C)C2)cc1. The van der Waals surface area contributed by atoms with Gasteiger partial charge in [0.1, 0.15) is 25.0 Å². The Hall–Kier alpha value is -1.39. The highest BCUT2D eigenvalue weighted by molar-refractivity contribution is 5.94. The second-order valence-electron chi connectivity index (χ2n) is 6.85. The van der Waals surface area contributed by atoms with Crippen LogP contribution >= 0.6 is 0 Å². The monoisotopic (exact) mass is 306 g/mol. The minimum Gasteiger partial charge on any atom is -0.491 e. The number of hydrogen-bond acceptors (Lipinski definition) is 3. The molecule has 122 valence electrons. The van der Waals surface area contributed by atoms with Crippen LogP contribution in [0.5, 0.6) is 5.75 Å². The number of aliphatic hydroxyl groups excluding tert-OH is 1. The van der Waals surface area contributed by atoms with Crippen molar-refractivity contribution in [3.63, 3.8) is 0 Å². The molecule has 1 aromatic rings. The number of carbonyl (C=O) groups is 1. The Morgan fingerprint density at radius 3 is 2.41 bits per heavy atom. The van der Waals surface area contributed by atoms with Crippen LogP contribution in [0.1, 0.15) is 37.6 Å².